The smallest absolute Gasteiger partial charge is 0.258 e. The zero-order chi connectivity index (χ0) is 23.6. The molecule has 1 N–H and O–H groups in total. The number of hydrogen-bond donors (Lipinski definition) is 1. The Morgan fingerprint density at radius 1 is 1.28 bits per heavy atom. The number of anilines is 1. The summed E-state index contributed by atoms with van der Waals surface area (Å²) in [7, 11) is 1.68. The van der Waals surface area contributed by atoms with Gasteiger partial charge in [0.05, 0.1) is 24.8 Å². The van der Waals surface area contributed by atoms with E-state index in [1.807, 2.05) is 32.0 Å². The van der Waals surface area contributed by atoms with Gasteiger partial charge in [-0.25, -0.2) is 8.42 Å². The summed E-state index contributed by atoms with van der Waals surface area (Å²) >= 11 is 1.17. The van der Waals surface area contributed by atoms with Crippen LogP contribution in [0.4, 0.5) is 5.69 Å². The number of likely N-dealkylation sites (N-methyl/N-ethyl adjacent to an activating group) is 1. The third-order valence-corrected chi connectivity index (χ3v) is 8.96. The molecule has 10 heteroatoms. The van der Waals surface area contributed by atoms with Gasteiger partial charge in [0, 0.05) is 39.3 Å². The molecule has 1 aromatic carbocycles. The molecule has 1 aliphatic heterocycles. The van der Waals surface area contributed by atoms with Crippen molar-refractivity contribution in [3.63, 3.8) is 0 Å². The van der Waals surface area contributed by atoms with Crippen molar-refractivity contribution in [3.8, 4) is 5.75 Å². The van der Waals surface area contributed by atoms with Crippen LogP contribution in [0, 0.1) is 5.92 Å². The van der Waals surface area contributed by atoms with E-state index in [1.165, 1.54) is 15.6 Å². The number of nitrogens with zero attached hydrogens (tertiary/aromatic N) is 3. The van der Waals surface area contributed by atoms with E-state index in [1.54, 1.807) is 48.5 Å². The number of rotatable bonds is 7. The third kappa shape index (κ3) is 4.93. The Labute approximate surface area is 194 Å². The van der Waals surface area contributed by atoms with Gasteiger partial charge in [0.25, 0.3) is 15.9 Å². The number of benzene rings is 1. The quantitative estimate of drug-likeness (QED) is 0.653. The van der Waals surface area contributed by atoms with Crippen LogP contribution in [0.1, 0.15) is 24.2 Å². The number of thiophene rings is 1. The van der Waals surface area contributed by atoms with Gasteiger partial charge >= 0.3 is 0 Å². The lowest BCUT2D eigenvalue weighted by Crippen LogP contribution is -2.50. The van der Waals surface area contributed by atoms with E-state index in [9.17, 15) is 18.3 Å². The number of hydrogen-bond acceptors (Lipinski definition) is 7. The summed E-state index contributed by atoms with van der Waals surface area (Å²) < 4.78 is 33.7. The van der Waals surface area contributed by atoms with Crippen molar-refractivity contribution < 1.29 is 23.1 Å². The molecule has 0 saturated carbocycles. The number of ether oxygens (including phenoxy) is 1. The second-order valence-electron chi connectivity index (χ2n) is 8.42. The number of fused-ring (bicyclic) bond motifs is 1. The number of aliphatic hydroxyl groups is 1. The minimum atomic E-state index is -3.64. The van der Waals surface area contributed by atoms with Crippen LogP contribution in [0.25, 0.3) is 0 Å². The van der Waals surface area contributed by atoms with Crippen LogP contribution in [0.2, 0.25) is 0 Å². The number of carbonyl (C=O) groups excluding carboxylic acids is 1. The molecule has 1 aliphatic rings. The molecule has 176 valence electrons. The first kappa shape index (κ1) is 24.5. The second-order valence-corrected chi connectivity index (χ2v) is 11.6. The number of amides is 1. The molecule has 0 aliphatic carbocycles. The second kappa shape index (κ2) is 9.78. The highest BCUT2D eigenvalue weighted by Gasteiger charge is 2.35. The molecule has 0 bridgehead atoms. The van der Waals surface area contributed by atoms with E-state index >= 15 is 0 Å². The minimum Gasteiger partial charge on any atom is -0.488 e. The Balaban J connectivity index is 1.98. The first-order chi connectivity index (χ1) is 15.1. The SMILES string of the molecule is C[C@@H]1CN([C@@H](C)CO)C(=O)c2cc(N(C)C)ccc2O[C@@H]1CN(C)S(=O)(=O)c1cccs1. The lowest BCUT2D eigenvalue weighted by molar-refractivity contribution is 0.0387. The zero-order valence-corrected chi connectivity index (χ0v) is 20.7. The molecule has 3 atom stereocenters. The lowest BCUT2D eigenvalue weighted by Gasteiger charge is -2.38. The molecule has 0 saturated heterocycles. The maximum absolute atomic E-state index is 13.4. The van der Waals surface area contributed by atoms with E-state index < -0.39 is 16.1 Å². The van der Waals surface area contributed by atoms with E-state index in [4.69, 9.17) is 4.74 Å². The van der Waals surface area contributed by atoms with E-state index in [-0.39, 0.29) is 35.2 Å². The highest BCUT2D eigenvalue weighted by Crippen LogP contribution is 2.32. The summed E-state index contributed by atoms with van der Waals surface area (Å²) in [6.07, 6.45) is -0.486. The van der Waals surface area contributed by atoms with Gasteiger partial charge < -0.3 is 19.6 Å². The van der Waals surface area contributed by atoms with Gasteiger partial charge in [0.2, 0.25) is 0 Å². The van der Waals surface area contributed by atoms with Crippen molar-refractivity contribution in [2.75, 3.05) is 45.7 Å². The van der Waals surface area contributed by atoms with Gasteiger partial charge in [-0.05, 0) is 36.6 Å². The summed E-state index contributed by atoms with van der Waals surface area (Å²) in [5.74, 6) is 0.0277. The van der Waals surface area contributed by atoms with Crippen LogP contribution in [0.3, 0.4) is 0 Å². The Bertz CT molecular complexity index is 1040. The highest BCUT2D eigenvalue weighted by molar-refractivity contribution is 7.91. The molecule has 0 spiro atoms. The number of carbonyl (C=O) groups is 1. The Morgan fingerprint density at radius 3 is 2.59 bits per heavy atom. The fourth-order valence-electron chi connectivity index (χ4n) is 3.62. The fraction of sp³-hybridized carbons (Fsp3) is 0.500. The summed E-state index contributed by atoms with van der Waals surface area (Å²) in [6, 6.07) is 8.30. The summed E-state index contributed by atoms with van der Waals surface area (Å²) in [5.41, 5.74) is 1.25. The first-order valence-electron chi connectivity index (χ1n) is 10.5. The average Bonchev–Trinajstić information content (AvgIpc) is 3.31. The van der Waals surface area contributed by atoms with Crippen LogP contribution in [-0.2, 0) is 10.0 Å². The first-order valence-corrected chi connectivity index (χ1v) is 12.8. The molecule has 1 amide bonds. The predicted octanol–water partition coefficient (Wildman–Crippen LogP) is 2.35. The zero-order valence-electron chi connectivity index (χ0n) is 19.1. The molecule has 3 rings (SSSR count). The Hall–Kier alpha value is -2.14. The van der Waals surface area contributed by atoms with Crippen LogP contribution in [0.15, 0.2) is 39.9 Å². The minimum absolute atomic E-state index is 0.131. The lowest BCUT2D eigenvalue weighted by atomic mass is 9.99. The normalized spacial score (nSPS) is 20.3. The van der Waals surface area contributed by atoms with Crippen molar-refractivity contribution in [2.24, 2.45) is 5.92 Å². The Morgan fingerprint density at radius 2 is 2.00 bits per heavy atom. The van der Waals surface area contributed by atoms with Gasteiger partial charge in [-0.1, -0.05) is 13.0 Å². The van der Waals surface area contributed by atoms with Crippen LogP contribution in [-0.4, -0.2) is 81.6 Å². The van der Waals surface area contributed by atoms with Gasteiger partial charge in [-0.3, -0.25) is 4.79 Å². The molecule has 32 heavy (non-hydrogen) atoms. The van der Waals surface area contributed by atoms with Gasteiger partial charge in [0.1, 0.15) is 16.1 Å². The number of sulfonamides is 1. The number of aliphatic hydroxyl groups excluding tert-OH is 1. The molecular weight excluding hydrogens is 450 g/mol. The van der Waals surface area contributed by atoms with Crippen molar-refractivity contribution >= 4 is 33.0 Å². The van der Waals surface area contributed by atoms with Gasteiger partial charge in [-0.2, -0.15) is 4.31 Å². The maximum Gasteiger partial charge on any atom is 0.258 e. The molecular formula is C22H31N3O5S2. The maximum atomic E-state index is 13.4. The van der Waals surface area contributed by atoms with Crippen molar-refractivity contribution in [1.29, 1.82) is 0 Å². The van der Waals surface area contributed by atoms with Gasteiger partial charge in [0.15, 0.2) is 0 Å². The molecule has 0 radical (unpaired) electrons. The fourth-order valence-corrected chi connectivity index (χ4v) is 6.01. The van der Waals surface area contributed by atoms with E-state index in [0.29, 0.717) is 17.9 Å². The summed E-state index contributed by atoms with van der Waals surface area (Å²) in [6.45, 7) is 4.03. The molecule has 0 fully saturated rings. The standard InChI is InChI=1S/C22H31N3O5S2/c1-15-12-25(16(2)14-26)22(27)18-11-17(23(3)4)8-9-19(18)30-20(15)13-24(5)32(28,29)21-7-6-10-31-21/h6-11,15-16,20,26H,12-14H2,1-5H3/t15-,16+,20-/m1/s1. The van der Waals surface area contributed by atoms with Crippen molar-refractivity contribution in [3.05, 3.63) is 41.3 Å². The van der Waals surface area contributed by atoms with Crippen LogP contribution < -0.4 is 9.64 Å². The molecule has 8 nitrogen and oxygen atoms in total. The largest absolute Gasteiger partial charge is 0.488 e. The monoisotopic (exact) mass is 481 g/mol. The third-order valence-electron chi connectivity index (χ3n) is 5.76. The van der Waals surface area contributed by atoms with Crippen LogP contribution in [0.5, 0.6) is 5.75 Å². The molecule has 1 aromatic heterocycles. The topological polar surface area (TPSA) is 90.4 Å². The summed E-state index contributed by atoms with van der Waals surface area (Å²) in [4.78, 5) is 16.9. The average molecular weight is 482 g/mol. The van der Waals surface area contributed by atoms with Crippen molar-refractivity contribution in [1.82, 2.24) is 9.21 Å². The molecule has 0 unspecified atom stereocenters. The highest BCUT2D eigenvalue weighted by atomic mass is 32.2. The predicted molar refractivity (Wildman–Crippen MR) is 126 cm³/mol. The van der Waals surface area contributed by atoms with Crippen molar-refractivity contribution in [2.45, 2.75) is 30.2 Å². The Kier molecular flexibility index (Phi) is 7.49. The van der Waals surface area contributed by atoms with E-state index in [2.05, 4.69) is 0 Å². The summed E-state index contributed by atoms with van der Waals surface area (Å²) in [5, 5.41) is 11.5. The van der Waals surface area contributed by atoms with Crippen LogP contribution >= 0.6 is 11.3 Å². The molecule has 2 heterocycles. The molecule has 2 aromatic rings. The van der Waals surface area contributed by atoms with Gasteiger partial charge in [-0.15, -0.1) is 11.3 Å². The van der Waals surface area contributed by atoms with E-state index in [0.717, 1.165) is 5.69 Å².